The fourth-order valence-corrected chi connectivity index (χ4v) is 1.44. The van der Waals surface area contributed by atoms with Crippen molar-refractivity contribution >= 4 is 6.03 Å². The molecule has 0 bridgehead atoms. The SMILES string of the molecule is CNC(=O)NCc1cc(C)c(C)cc1OC. The average molecular weight is 222 g/mol. The molecule has 0 aliphatic heterocycles. The summed E-state index contributed by atoms with van der Waals surface area (Å²) in [6.07, 6.45) is 0. The molecule has 2 amide bonds. The van der Waals surface area contributed by atoms with Crippen LogP contribution in [-0.2, 0) is 6.54 Å². The van der Waals surface area contributed by atoms with Crippen molar-refractivity contribution in [1.82, 2.24) is 10.6 Å². The fraction of sp³-hybridized carbons (Fsp3) is 0.417. The van der Waals surface area contributed by atoms with E-state index < -0.39 is 0 Å². The van der Waals surface area contributed by atoms with Gasteiger partial charge in [0, 0.05) is 19.2 Å². The highest BCUT2D eigenvalue weighted by molar-refractivity contribution is 5.73. The number of benzene rings is 1. The molecule has 0 fully saturated rings. The predicted molar refractivity (Wildman–Crippen MR) is 63.8 cm³/mol. The molecule has 0 aliphatic rings. The molecule has 0 aromatic heterocycles. The van der Waals surface area contributed by atoms with Crippen LogP contribution in [0.4, 0.5) is 4.79 Å². The second kappa shape index (κ2) is 5.39. The molecular weight excluding hydrogens is 204 g/mol. The van der Waals surface area contributed by atoms with E-state index in [1.165, 1.54) is 11.1 Å². The van der Waals surface area contributed by atoms with Crippen LogP contribution in [0.5, 0.6) is 5.75 Å². The van der Waals surface area contributed by atoms with Crippen molar-refractivity contribution in [2.75, 3.05) is 14.2 Å². The number of hydrogen-bond donors (Lipinski definition) is 2. The quantitative estimate of drug-likeness (QED) is 0.818. The summed E-state index contributed by atoms with van der Waals surface area (Å²) in [5.74, 6) is 0.805. The lowest BCUT2D eigenvalue weighted by molar-refractivity contribution is 0.242. The van der Waals surface area contributed by atoms with Gasteiger partial charge in [-0.2, -0.15) is 0 Å². The fourth-order valence-electron chi connectivity index (χ4n) is 1.44. The first-order valence-electron chi connectivity index (χ1n) is 5.18. The summed E-state index contributed by atoms with van der Waals surface area (Å²) in [6, 6.07) is 3.82. The molecule has 1 rings (SSSR count). The summed E-state index contributed by atoms with van der Waals surface area (Å²) >= 11 is 0. The lowest BCUT2D eigenvalue weighted by Gasteiger charge is -2.12. The van der Waals surface area contributed by atoms with Gasteiger partial charge in [-0.05, 0) is 31.0 Å². The number of ether oxygens (including phenoxy) is 1. The molecule has 0 atom stereocenters. The van der Waals surface area contributed by atoms with Crippen molar-refractivity contribution in [2.45, 2.75) is 20.4 Å². The number of rotatable bonds is 3. The topological polar surface area (TPSA) is 50.4 Å². The van der Waals surface area contributed by atoms with Gasteiger partial charge in [0.05, 0.1) is 7.11 Å². The molecule has 1 aromatic carbocycles. The average Bonchev–Trinajstić information content (AvgIpc) is 2.29. The molecular formula is C12H18N2O2. The molecule has 0 heterocycles. The van der Waals surface area contributed by atoms with E-state index in [4.69, 9.17) is 4.74 Å². The normalized spacial score (nSPS) is 9.75. The lowest BCUT2D eigenvalue weighted by Crippen LogP contribution is -2.32. The standard InChI is InChI=1S/C12H18N2O2/c1-8-5-10(7-14-12(15)13-3)11(16-4)6-9(8)2/h5-6H,7H2,1-4H3,(H2,13,14,15). The van der Waals surface area contributed by atoms with Gasteiger partial charge < -0.3 is 15.4 Å². The van der Waals surface area contributed by atoms with Crippen LogP contribution in [0.2, 0.25) is 0 Å². The van der Waals surface area contributed by atoms with Crippen molar-refractivity contribution in [3.8, 4) is 5.75 Å². The summed E-state index contributed by atoms with van der Waals surface area (Å²) < 4.78 is 5.28. The number of aryl methyl sites for hydroxylation is 2. The van der Waals surface area contributed by atoms with Gasteiger partial charge in [-0.3, -0.25) is 0 Å². The molecule has 0 unspecified atom stereocenters. The molecule has 88 valence electrons. The Morgan fingerprint density at radius 3 is 2.50 bits per heavy atom. The molecule has 16 heavy (non-hydrogen) atoms. The summed E-state index contributed by atoms with van der Waals surface area (Å²) in [6.45, 7) is 4.54. The Morgan fingerprint density at radius 2 is 1.94 bits per heavy atom. The Bertz CT molecular complexity index is 389. The first kappa shape index (κ1) is 12.4. The maximum absolute atomic E-state index is 11.1. The third-order valence-electron chi connectivity index (χ3n) is 2.56. The van der Waals surface area contributed by atoms with E-state index in [0.717, 1.165) is 11.3 Å². The van der Waals surface area contributed by atoms with Gasteiger partial charge in [0.25, 0.3) is 0 Å². The van der Waals surface area contributed by atoms with Gasteiger partial charge in [-0.25, -0.2) is 4.79 Å². The number of nitrogens with one attached hydrogen (secondary N) is 2. The van der Waals surface area contributed by atoms with Gasteiger partial charge in [-0.1, -0.05) is 6.07 Å². The highest BCUT2D eigenvalue weighted by Crippen LogP contribution is 2.22. The maximum atomic E-state index is 11.1. The number of carbonyl (C=O) groups is 1. The van der Waals surface area contributed by atoms with Crippen LogP contribution in [0.1, 0.15) is 16.7 Å². The zero-order chi connectivity index (χ0) is 12.1. The van der Waals surface area contributed by atoms with E-state index in [-0.39, 0.29) is 6.03 Å². The van der Waals surface area contributed by atoms with Gasteiger partial charge in [0.15, 0.2) is 0 Å². The van der Waals surface area contributed by atoms with Crippen LogP contribution in [0.3, 0.4) is 0 Å². The van der Waals surface area contributed by atoms with Crippen LogP contribution in [0.15, 0.2) is 12.1 Å². The zero-order valence-electron chi connectivity index (χ0n) is 10.2. The molecule has 4 heteroatoms. The monoisotopic (exact) mass is 222 g/mol. The van der Waals surface area contributed by atoms with Gasteiger partial charge in [0.1, 0.15) is 5.75 Å². The number of carbonyl (C=O) groups excluding carboxylic acids is 1. The highest BCUT2D eigenvalue weighted by atomic mass is 16.5. The summed E-state index contributed by atoms with van der Waals surface area (Å²) in [5.41, 5.74) is 3.35. The summed E-state index contributed by atoms with van der Waals surface area (Å²) in [7, 11) is 3.22. The molecule has 0 saturated carbocycles. The Hall–Kier alpha value is -1.71. The van der Waals surface area contributed by atoms with Crippen molar-refractivity contribution in [1.29, 1.82) is 0 Å². The van der Waals surface area contributed by atoms with E-state index in [2.05, 4.69) is 10.6 Å². The molecule has 0 saturated heterocycles. The van der Waals surface area contributed by atoms with Crippen LogP contribution >= 0.6 is 0 Å². The highest BCUT2D eigenvalue weighted by Gasteiger charge is 2.06. The Morgan fingerprint density at radius 1 is 1.31 bits per heavy atom. The number of amides is 2. The first-order valence-corrected chi connectivity index (χ1v) is 5.18. The molecule has 0 radical (unpaired) electrons. The van der Waals surface area contributed by atoms with Crippen LogP contribution in [0.25, 0.3) is 0 Å². The largest absolute Gasteiger partial charge is 0.496 e. The van der Waals surface area contributed by atoms with Crippen molar-refractivity contribution in [3.05, 3.63) is 28.8 Å². The van der Waals surface area contributed by atoms with Crippen molar-refractivity contribution in [2.24, 2.45) is 0 Å². The Labute approximate surface area is 96.0 Å². The Balaban J connectivity index is 2.86. The minimum atomic E-state index is -0.194. The van der Waals surface area contributed by atoms with E-state index >= 15 is 0 Å². The lowest BCUT2D eigenvalue weighted by atomic mass is 10.1. The molecule has 0 aliphatic carbocycles. The van der Waals surface area contributed by atoms with Crippen LogP contribution < -0.4 is 15.4 Å². The number of hydrogen-bond acceptors (Lipinski definition) is 2. The molecule has 0 spiro atoms. The Kier molecular flexibility index (Phi) is 4.17. The minimum absolute atomic E-state index is 0.194. The third-order valence-corrected chi connectivity index (χ3v) is 2.56. The summed E-state index contributed by atoms with van der Waals surface area (Å²) in [4.78, 5) is 11.1. The number of methoxy groups -OCH3 is 1. The van der Waals surface area contributed by atoms with Gasteiger partial charge >= 0.3 is 6.03 Å². The van der Waals surface area contributed by atoms with Crippen molar-refractivity contribution < 1.29 is 9.53 Å². The smallest absolute Gasteiger partial charge is 0.314 e. The molecule has 2 N–H and O–H groups in total. The second-order valence-electron chi connectivity index (χ2n) is 3.68. The van der Waals surface area contributed by atoms with Gasteiger partial charge in [-0.15, -0.1) is 0 Å². The predicted octanol–water partition coefficient (Wildman–Crippen LogP) is 1.74. The van der Waals surface area contributed by atoms with Gasteiger partial charge in [0.2, 0.25) is 0 Å². The second-order valence-corrected chi connectivity index (χ2v) is 3.68. The maximum Gasteiger partial charge on any atom is 0.314 e. The van der Waals surface area contributed by atoms with E-state index in [1.807, 2.05) is 26.0 Å². The molecule has 4 nitrogen and oxygen atoms in total. The zero-order valence-corrected chi connectivity index (χ0v) is 10.2. The molecule has 1 aromatic rings. The van der Waals surface area contributed by atoms with E-state index in [9.17, 15) is 4.79 Å². The van der Waals surface area contributed by atoms with E-state index in [0.29, 0.717) is 6.54 Å². The van der Waals surface area contributed by atoms with Crippen LogP contribution in [-0.4, -0.2) is 20.2 Å². The van der Waals surface area contributed by atoms with Crippen LogP contribution in [0, 0.1) is 13.8 Å². The van der Waals surface area contributed by atoms with E-state index in [1.54, 1.807) is 14.2 Å². The minimum Gasteiger partial charge on any atom is -0.496 e. The first-order chi connectivity index (χ1) is 7.58. The summed E-state index contributed by atoms with van der Waals surface area (Å²) in [5, 5.41) is 5.25. The third kappa shape index (κ3) is 2.89. The number of urea groups is 1. The van der Waals surface area contributed by atoms with Crippen molar-refractivity contribution in [3.63, 3.8) is 0 Å².